The van der Waals surface area contributed by atoms with Crippen LogP contribution in [0.3, 0.4) is 0 Å². The number of imidazole rings is 1. The average molecular weight is 271 g/mol. The number of aromatic nitrogens is 2. The van der Waals surface area contributed by atoms with Gasteiger partial charge in [-0.2, -0.15) is 4.31 Å². The number of nitrogens with zero attached hydrogens (tertiary/aromatic N) is 3. The second kappa shape index (κ2) is 4.81. The quantitative estimate of drug-likeness (QED) is 0.802. The molecule has 1 aromatic rings. The Morgan fingerprint density at radius 1 is 1.56 bits per heavy atom. The Kier molecular flexibility index (Phi) is 3.54. The monoisotopic (exact) mass is 271 g/mol. The highest BCUT2D eigenvalue weighted by molar-refractivity contribution is 7.89. The SMILES string of the molecule is CC(=O)CC1CCCN1S(=O)(=O)c1cn(C)cn1. The van der Waals surface area contributed by atoms with Crippen molar-refractivity contribution in [3.63, 3.8) is 0 Å². The number of carbonyl (C=O) groups is 1. The molecular weight excluding hydrogens is 254 g/mol. The summed E-state index contributed by atoms with van der Waals surface area (Å²) >= 11 is 0. The molecule has 1 unspecified atom stereocenters. The molecule has 0 bridgehead atoms. The molecule has 0 spiro atoms. The van der Waals surface area contributed by atoms with Crippen LogP contribution in [0.15, 0.2) is 17.6 Å². The van der Waals surface area contributed by atoms with Crippen molar-refractivity contribution in [1.29, 1.82) is 0 Å². The van der Waals surface area contributed by atoms with E-state index in [-0.39, 0.29) is 23.3 Å². The van der Waals surface area contributed by atoms with Gasteiger partial charge in [0.2, 0.25) is 0 Å². The molecule has 0 radical (unpaired) electrons. The normalized spacial score (nSPS) is 21.3. The third-order valence-electron chi connectivity index (χ3n) is 3.10. The summed E-state index contributed by atoms with van der Waals surface area (Å²) < 4.78 is 27.8. The Bertz CT molecular complexity index is 550. The lowest BCUT2D eigenvalue weighted by atomic mass is 10.1. The number of aryl methyl sites for hydroxylation is 1. The molecule has 0 amide bonds. The Balaban J connectivity index is 2.26. The lowest BCUT2D eigenvalue weighted by Gasteiger charge is -2.21. The highest BCUT2D eigenvalue weighted by atomic mass is 32.2. The highest BCUT2D eigenvalue weighted by Gasteiger charge is 2.36. The van der Waals surface area contributed by atoms with Gasteiger partial charge in [-0.25, -0.2) is 13.4 Å². The molecule has 2 rings (SSSR count). The molecule has 0 saturated carbocycles. The molecule has 0 aliphatic carbocycles. The third kappa shape index (κ3) is 2.46. The molecule has 1 atom stereocenters. The van der Waals surface area contributed by atoms with Gasteiger partial charge in [0.05, 0.1) is 6.33 Å². The minimum absolute atomic E-state index is 0.0168. The largest absolute Gasteiger partial charge is 0.339 e. The van der Waals surface area contributed by atoms with E-state index in [2.05, 4.69) is 4.98 Å². The van der Waals surface area contributed by atoms with Gasteiger partial charge in [-0.05, 0) is 19.8 Å². The lowest BCUT2D eigenvalue weighted by Crippen LogP contribution is -2.36. The van der Waals surface area contributed by atoms with Crippen LogP contribution in [0.5, 0.6) is 0 Å². The van der Waals surface area contributed by atoms with Gasteiger partial charge in [-0.15, -0.1) is 0 Å². The van der Waals surface area contributed by atoms with E-state index in [0.717, 1.165) is 12.8 Å². The molecule has 1 aliphatic heterocycles. The molecule has 1 aromatic heterocycles. The summed E-state index contributed by atoms with van der Waals surface area (Å²) in [6, 6.07) is -0.213. The second-order valence-corrected chi connectivity index (χ2v) is 6.53. The zero-order valence-electron chi connectivity index (χ0n) is 10.5. The maximum atomic E-state index is 12.4. The van der Waals surface area contributed by atoms with E-state index in [1.54, 1.807) is 11.6 Å². The highest BCUT2D eigenvalue weighted by Crippen LogP contribution is 2.27. The van der Waals surface area contributed by atoms with Gasteiger partial charge in [0, 0.05) is 32.3 Å². The van der Waals surface area contributed by atoms with Gasteiger partial charge < -0.3 is 4.57 Å². The first kappa shape index (κ1) is 13.2. The van der Waals surface area contributed by atoms with Gasteiger partial charge in [-0.3, -0.25) is 4.79 Å². The molecule has 1 aliphatic rings. The lowest BCUT2D eigenvalue weighted by molar-refractivity contribution is -0.117. The summed E-state index contributed by atoms with van der Waals surface area (Å²) in [5, 5.41) is 0.0560. The standard InChI is InChI=1S/C11H17N3O3S/c1-9(15)6-10-4-3-5-14(10)18(16,17)11-7-13(2)8-12-11/h7-8,10H,3-6H2,1-2H3. The summed E-state index contributed by atoms with van der Waals surface area (Å²) in [5.41, 5.74) is 0. The summed E-state index contributed by atoms with van der Waals surface area (Å²) in [7, 11) is -1.84. The van der Waals surface area contributed by atoms with Gasteiger partial charge in [0.15, 0.2) is 5.03 Å². The molecule has 18 heavy (non-hydrogen) atoms. The average Bonchev–Trinajstić information content (AvgIpc) is 2.86. The van der Waals surface area contributed by atoms with Crippen LogP contribution in [0.25, 0.3) is 0 Å². The van der Waals surface area contributed by atoms with Crippen molar-refractivity contribution in [3.05, 3.63) is 12.5 Å². The van der Waals surface area contributed by atoms with Crippen LogP contribution in [0.2, 0.25) is 0 Å². The number of hydrogen-bond acceptors (Lipinski definition) is 4. The van der Waals surface area contributed by atoms with Crippen molar-refractivity contribution in [3.8, 4) is 0 Å². The first-order chi connectivity index (χ1) is 8.41. The van der Waals surface area contributed by atoms with E-state index < -0.39 is 10.0 Å². The number of ketones is 1. The summed E-state index contributed by atoms with van der Waals surface area (Å²) in [5.74, 6) is 0.0168. The molecule has 1 fully saturated rings. The van der Waals surface area contributed by atoms with Crippen LogP contribution in [0.4, 0.5) is 0 Å². The minimum Gasteiger partial charge on any atom is -0.339 e. The topological polar surface area (TPSA) is 72.3 Å². The van der Waals surface area contributed by atoms with Crippen molar-refractivity contribution in [2.75, 3.05) is 6.54 Å². The Labute approximate surface area is 107 Å². The fourth-order valence-corrected chi connectivity index (χ4v) is 3.97. The van der Waals surface area contributed by atoms with Crippen LogP contribution >= 0.6 is 0 Å². The van der Waals surface area contributed by atoms with E-state index in [0.29, 0.717) is 6.54 Å². The van der Waals surface area contributed by atoms with Gasteiger partial charge in [0.1, 0.15) is 5.78 Å². The Morgan fingerprint density at radius 2 is 2.28 bits per heavy atom. The first-order valence-corrected chi connectivity index (χ1v) is 7.34. The molecule has 0 N–H and O–H groups in total. The zero-order valence-corrected chi connectivity index (χ0v) is 11.4. The maximum absolute atomic E-state index is 12.4. The molecule has 2 heterocycles. The fraction of sp³-hybridized carbons (Fsp3) is 0.636. The smallest absolute Gasteiger partial charge is 0.262 e. The van der Waals surface area contributed by atoms with Gasteiger partial charge >= 0.3 is 0 Å². The van der Waals surface area contributed by atoms with Crippen LogP contribution in [-0.4, -0.2) is 40.6 Å². The number of sulfonamides is 1. The third-order valence-corrected chi connectivity index (χ3v) is 4.94. The van der Waals surface area contributed by atoms with Crippen LogP contribution < -0.4 is 0 Å². The molecule has 100 valence electrons. The summed E-state index contributed by atoms with van der Waals surface area (Å²) in [4.78, 5) is 15.1. The number of Topliss-reactive ketones (excluding diaryl/α,β-unsaturated/α-hetero) is 1. The van der Waals surface area contributed by atoms with Crippen LogP contribution in [0, 0.1) is 0 Å². The minimum atomic E-state index is -3.56. The predicted octanol–water partition coefficient (Wildman–Crippen LogP) is 0.552. The Morgan fingerprint density at radius 3 is 2.83 bits per heavy atom. The van der Waals surface area contributed by atoms with Gasteiger partial charge in [0.25, 0.3) is 10.0 Å². The fourth-order valence-electron chi connectivity index (χ4n) is 2.30. The Hall–Kier alpha value is -1.21. The van der Waals surface area contributed by atoms with Crippen molar-refractivity contribution < 1.29 is 13.2 Å². The number of hydrogen-bond donors (Lipinski definition) is 0. The van der Waals surface area contributed by atoms with Crippen molar-refractivity contribution in [1.82, 2.24) is 13.9 Å². The number of rotatable bonds is 4. The van der Waals surface area contributed by atoms with Crippen molar-refractivity contribution in [2.24, 2.45) is 7.05 Å². The second-order valence-electron chi connectivity index (χ2n) is 4.70. The summed E-state index contributed by atoms with van der Waals surface area (Å²) in [6.45, 7) is 1.96. The molecular formula is C11H17N3O3S. The van der Waals surface area contributed by atoms with Crippen molar-refractivity contribution in [2.45, 2.75) is 37.3 Å². The van der Waals surface area contributed by atoms with Crippen LogP contribution in [0.1, 0.15) is 26.2 Å². The van der Waals surface area contributed by atoms with E-state index in [1.807, 2.05) is 0 Å². The number of carbonyl (C=O) groups excluding carboxylic acids is 1. The molecule has 0 aromatic carbocycles. The maximum Gasteiger partial charge on any atom is 0.262 e. The molecule has 1 saturated heterocycles. The van der Waals surface area contributed by atoms with E-state index in [9.17, 15) is 13.2 Å². The van der Waals surface area contributed by atoms with E-state index >= 15 is 0 Å². The van der Waals surface area contributed by atoms with Crippen molar-refractivity contribution >= 4 is 15.8 Å². The predicted molar refractivity (Wildman–Crippen MR) is 65.4 cm³/mol. The van der Waals surface area contributed by atoms with E-state index in [1.165, 1.54) is 23.8 Å². The molecule has 7 heteroatoms. The summed E-state index contributed by atoms with van der Waals surface area (Å²) in [6.07, 6.45) is 4.77. The molecule has 6 nitrogen and oxygen atoms in total. The van der Waals surface area contributed by atoms with Gasteiger partial charge in [-0.1, -0.05) is 0 Å². The first-order valence-electron chi connectivity index (χ1n) is 5.90. The van der Waals surface area contributed by atoms with Crippen LogP contribution in [-0.2, 0) is 21.9 Å². The van der Waals surface area contributed by atoms with E-state index in [4.69, 9.17) is 0 Å². The zero-order chi connectivity index (χ0) is 13.3.